The lowest BCUT2D eigenvalue weighted by Gasteiger charge is -2.19. The molecule has 18 heavy (non-hydrogen) atoms. The SMILES string of the molecule is CCCC(CCC)C(=O)OC(C)c1ccccc1. The van der Waals surface area contributed by atoms with E-state index in [0.29, 0.717) is 0 Å². The van der Waals surface area contributed by atoms with E-state index in [9.17, 15) is 4.79 Å². The molecule has 1 aromatic rings. The lowest BCUT2D eigenvalue weighted by molar-refractivity contribution is -0.154. The molecule has 2 heteroatoms. The molecule has 1 rings (SSSR count). The Labute approximate surface area is 110 Å². The molecule has 0 heterocycles. The van der Waals surface area contributed by atoms with Crippen LogP contribution in [0.1, 0.15) is 58.1 Å². The molecule has 0 aliphatic heterocycles. The van der Waals surface area contributed by atoms with E-state index in [4.69, 9.17) is 4.74 Å². The molecule has 100 valence electrons. The fourth-order valence-corrected chi connectivity index (χ4v) is 2.14. The molecular formula is C16H24O2. The first-order chi connectivity index (χ1) is 8.69. The summed E-state index contributed by atoms with van der Waals surface area (Å²) in [5.74, 6) is 0.0150. The quantitative estimate of drug-likeness (QED) is 0.664. The van der Waals surface area contributed by atoms with Gasteiger partial charge < -0.3 is 4.74 Å². The standard InChI is InChI=1S/C16H24O2/c1-4-9-15(10-5-2)16(17)18-13(3)14-11-7-6-8-12-14/h6-8,11-13,15H,4-5,9-10H2,1-3H3. The molecule has 0 N–H and O–H groups in total. The molecule has 0 aromatic heterocycles. The van der Waals surface area contributed by atoms with Crippen LogP contribution < -0.4 is 0 Å². The highest BCUT2D eigenvalue weighted by Crippen LogP contribution is 2.21. The van der Waals surface area contributed by atoms with E-state index < -0.39 is 0 Å². The Morgan fingerprint density at radius 1 is 1.11 bits per heavy atom. The maximum Gasteiger partial charge on any atom is 0.309 e. The van der Waals surface area contributed by atoms with E-state index in [1.54, 1.807) is 0 Å². The summed E-state index contributed by atoms with van der Waals surface area (Å²) in [6.45, 7) is 6.15. The molecule has 0 saturated heterocycles. The molecule has 0 amide bonds. The molecule has 0 saturated carbocycles. The first kappa shape index (κ1) is 14.7. The van der Waals surface area contributed by atoms with Crippen LogP contribution in [0, 0.1) is 5.92 Å². The third kappa shape index (κ3) is 4.52. The zero-order chi connectivity index (χ0) is 13.4. The molecule has 1 unspecified atom stereocenters. The Balaban J connectivity index is 2.57. The van der Waals surface area contributed by atoms with Gasteiger partial charge in [0.25, 0.3) is 0 Å². The predicted octanol–water partition coefficient (Wildman–Crippen LogP) is 4.51. The van der Waals surface area contributed by atoms with Crippen molar-refractivity contribution in [2.24, 2.45) is 5.92 Å². The Hall–Kier alpha value is -1.31. The van der Waals surface area contributed by atoms with Crippen LogP contribution >= 0.6 is 0 Å². The van der Waals surface area contributed by atoms with Crippen molar-refractivity contribution in [2.75, 3.05) is 0 Å². The van der Waals surface area contributed by atoms with Gasteiger partial charge in [0.05, 0.1) is 5.92 Å². The lowest BCUT2D eigenvalue weighted by Crippen LogP contribution is -2.19. The Morgan fingerprint density at radius 2 is 1.67 bits per heavy atom. The number of carbonyl (C=O) groups is 1. The Bertz CT molecular complexity index is 339. The number of esters is 1. The maximum absolute atomic E-state index is 12.1. The van der Waals surface area contributed by atoms with Gasteiger partial charge in [-0.2, -0.15) is 0 Å². The second kappa shape index (κ2) is 7.91. The minimum absolute atomic E-state index is 0.0462. The summed E-state index contributed by atoms with van der Waals surface area (Å²) in [6, 6.07) is 9.89. The fraction of sp³-hybridized carbons (Fsp3) is 0.562. The van der Waals surface area contributed by atoms with E-state index in [2.05, 4.69) is 13.8 Å². The van der Waals surface area contributed by atoms with Gasteiger partial charge in [-0.1, -0.05) is 57.0 Å². The number of benzene rings is 1. The summed E-state index contributed by atoms with van der Waals surface area (Å²) in [5, 5.41) is 0. The van der Waals surface area contributed by atoms with E-state index in [1.807, 2.05) is 37.3 Å². The summed E-state index contributed by atoms with van der Waals surface area (Å²) < 4.78 is 5.56. The summed E-state index contributed by atoms with van der Waals surface area (Å²) in [4.78, 5) is 12.1. The normalized spacial score (nSPS) is 12.4. The first-order valence-corrected chi connectivity index (χ1v) is 6.94. The first-order valence-electron chi connectivity index (χ1n) is 6.94. The average Bonchev–Trinajstić information content (AvgIpc) is 2.39. The fourth-order valence-electron chi connectivity index (χ4n) is 2.14. The van der Waals surface area contributed by atoms with Gasteiger partial charge in [0.15, 0.2) is 0 Å². The Morgan fingerprint density at radius 3 is 2.17 bits per heavy atom. The van der Waals surface area contributed by atoms with Crippen molar-refractivity contribution in [3.63, 3.8) is 0 Å². The maximum atomic E-state index is 12.1. The van der Waals surface area contributed by atoms with Crippen LogP contribution in [0.3, 0.4) is 0 Å². The van der Waals surface area contributed by atoms with Crippen molar-refractivity contribution in [3.8, 4) is 0 Å². The van der Waals surface area contributed by atoms with Crippen LogP contribution in [0.4, 0.5) is 0 Å². The monoisotopic (exact) mass is 248 g/mol. The molecule has 0 aliphatic rings. The number of ether oxygens (including phenoxy) is 1. The predicted molar refractivity (Wildman–Crippen MR) is 74.3 cm³/mol. The second-order valence-corrected chi connectivity index (χ2v) is 4.76. The van der Waals surface area contributed by atoms with Crippen LogP contribution in [0.15, 0.2) is 30.3 Å². The van der Waals surface area contributed by atoms with Crippen LogP contribution in [0.25, 0.3) is 0 Å². The number of hydrogen-bond donors (Lipinski definition) is 0. The molecular weight excluding hydrogens is 224 g/mol. The van der Waals surface area contributed by atoms with Crippen molar-refractivity contribution >= 4 is 5.97 Å². The van der Waals surface area contributed by atoms with Crippen molar-refractivity contribution in [1.29, 1.82) is 0 Å². The molecule has 1 aromatic carbocycles. The van der Waals surface area contributed by atoms with E-state index in [-0.39, 0.29) is 18.0 Å². The van der Waals surface area contributed by atoms with Crippen molar-refractivity contribution in [2.45, 2.75) is 52.6 Å². The summed E-state index contributed by atoms with van der Waals surface area (Å²) >= 11 is 0. The smallest absolute Gasteiger partial charge is 0.309 e. The van der Waals surface area contributed by atoms with Crippen LogP contribution in [0.5, 0.6) is 0 Å². The minimum atomic E-state index is -0.157. The van der Waals surface area contributed by atoms with Crippen molar-refractivity contribution in [1.82, 2.24) is 0 Å². The molecule has 0 bridgehead atoms. The lowest BCUT2D eigenvalue weighted by atomic mass is 9.98. The third-order valence-electron chi connectivity index (χ3n) is 3.17. The van der Waals surface area contributed by atoms with Gasteiger partial charge in [-0.15, -0.1) is 0 Å². The van der Waals surface area contributed by atoms with Crippen LogP contribution in [-0.4, -0.2) is 5.97 Å². The van der Waals surface area contributed by atoms with E-state index >= 15 is 0 Å². The van der Waals surface area contributed by atoms with Gasteiger partial charge in [-0.05, 0) is 25.3 Å². The van der Waals surface area contributed by atoms with Gasteiger partial charge in [0.1, 0.15) is 6.10 Å². The van der Waals surface area contributed by atoms with Crippen LogP contribution in [-0.2, 0) is 9.53 Å². The largest absolute Gasteiger partial charge is 0.458 e. The molecule has 0 radical (unpaired) electrons. The van der Waals surface area contributed by atoms with E-state index in [1.165, 1.54) is 0 Å². The van der Waals surface area contributed by atoms with Gasteiger partial charge in [0.2, 0.25) is 0 Å². The molecule has 1 atom stereocenters. The van der Waals surface area contributed by atoms with Gasteiger partial charge in [-0.25, -0.2) is 0 Å². The highest BCUT2D eigenvalue weighted by molar-refractivity contribution is 5.72. The molecule has 2 nitrogen and oxygen atoms in total. The van der Waals surface area contributed by atoms with Crippen LogP contribution in [0.2, 0.25) is 0 Å². The molecule has 0 aliphatic carbocycles. The highest BCUT2D eigenvalue weighted by atomic mass is 16.5. The van der Waals surface area contributed by atoms with Crippen molar-refractivity contribution in [3.05, 3.63) is 35.9 Å². The summed E-state index contributed by atoms with van der Waals surface area (Å²) in [7, 11) is 0. The number of hydrogen-bond acceptors (Lipinski definition) is 2. The van der Waals surface area contributed by atoms with Gasteiger partial charge >= 0.3 is 5.97 Å². The average molecular weight is 248 g/mol. The minimum Gasteiger partial charge on any atom is -0.458 e. The van der Waals surface area contributed by atoms with Gasteiger partial charge in [0, 0.05) is 0 Å². The number of rotatable bonds is 7. The Kier molecular flexibility index (Phi) is 6.48. The highest BCUT2D eigenvalue weighted by Gasteiger charge is 2.20. The van der Waals surface area contributed by atoms with Gasteiger partial charge in [-0.3, -0.25) is 4.79 Å². The topological polar surface area (TPSA) is 26.3 Å². The molecule has 0 fully saturated rings. The van der Waals surface area contributed by atoms with Crippen molar-refractivity contribution < 1.29 is 9.53 Å². The van der Waals surface area contributed by atoms with E-state index in [0.717, 1.165) is 31.2 Å². The summed E-state index contributed by atoms with van der Waals surface area (Å²) in [5.41, 5.74) is 1.05. The zero-order valence-corrected chi connectivity index (χ0v) is 11.7. The second-order valence-electron chi connectivity index (χ2n) is 4.76. The molecule has 0 spiro atoms. The third-order valence-corrected chi connectivity index (χ3v) is 3.17. The summed E-state index contributed by atoms with van der Waals surface area (Å²) in [6.07, 6.45) is 3.75. The zero-order valence-electron chi connectivity index (χ0n) is 11.7. The number of carbonyl (C=O) groups excluding carboxylic acids is 1.